The summed E-state index contributed by atoms with van der Waals surface area (Å²) in [6.45, 7) is 4.07. The molecule has 9 heteroatoms. The van der Waals surface area contributed by atoms with Crippen molar-refractivity contribution < 1.29 is 23.9 Å². The minimum atomic E-state index is -0.699. The standard InChI is InChI=1S/C18H21N3O5S/c1-3-8-19-18(24)21-16(22)10-26-17(23)13-4-6-15(7-5-13)25-9-14-11-27-12(2)20-14/h4-7,11H,3,8-10H2,1-2H3,(H2,19,21,22,24). The summed E-state index contributed by atoms with van der Waals surface area (Å²) >= 11 is 1.55. The van der Waals surface area contributed by atoms with Gasteiger partial charge in [0.1, 0.15) is 12.4 Å². The maximum atomic E-state index is 11.9. The molecule has 2 rings (SSSR count). The number of thiazole rings is 1. The van der Waals surface area contributed by atoms with E-state index in [1.165, 1.54) is 12.1 Å². The summed E-state index contributed by atoms with van der Waals surface area (Å²) in [6, 6.07) is 5.73. The lowest BCUT2D eigenvalue weighted by molar-refractivity contribution is -0.123. The second kappa shape index (κ2) is 10.3. The quantitative estimate of drug-likeness (QED) is 0.670. The first-order chi connectivity index (χ1) is 13.0. The molecule has 2 N–H and O–H groups in total. The van der Waals surface area contributed by atoms with E-state index in [4.69, 9.17) is 9.47 Å². The van der Waals surface area contributed by atoms with Crippen LogP contribution in [0.4, 0.5) is 4.79 Å². The van der Waals surface area contributed by atoms with Crippen LogP contribution in [0.5, 0.6) is 5.75 Å². The maximum absolute atomic E-state index is 11.9. The van der Waals surface area contributed by atoms with Crippen LogP contribution in [0.2, 0.25) is 0 Å². The molecule has 144 valence electrons. The second-order valence-electron chi connectivity index (χ2n) is 5.55. The summed E-state index contributed by atoms with van der Waals surface area (Å²) in [5.74, 6) is -0.779. The highest BCUT2D eigenvalue weighted by Gasteiger charge is 2.12. The van der Waals surface area contributed by atoms with E-state index in [0.717, 1.165) is 17.1 Å². The first kappa shape index (κ1) is 20.4. The molecule has 0 saturated carbocycles. The fourth-order valence-electron chi connectivity index (χ4n) is 1.98. The largest absolute Gasteiger partial charge is 0.487 e. The topological polar surface area (TPSA) is 107 Å². The maximum Gasteiger partial charge on any atom is 0.338 e. The molecule has 0 unspecified atom stereocenters. The Hall–Kier alpha value is -2.94. The lowest BCUT2D eigenvalue weighted by Crippen LogP contribution is -2.41. The van der Waals surface area contributed by atoms with Gasteiger partial charge >= 0.3 is 12.0 Å². The molecular weight excluding hydrogens is 370 g/mol. The van der Waals surface area contributed by atoms with Crippen LogP contribution < -0.4 is 15.4 Å². The van der Waals surface area contributed by atoms with Crippen LogP contribution in [0, 0.1) is 6.92 Å². The number of hydrogen-bond acceptors (Lipinski definition) is 7. The third-order valence-electron chi connectivity index (χ3n) is 3.27. The smallest absolute Gasteiger partial charge is 0.338 e. The number of esters is 1. The van der Waals surface area contributed by atoms with E-state index in [9.17, 15) is 14.4 Å². The summed E-state index contributed by atoms with van der Waals surface area (Å²) < 4.78 is 10.5. The van der Waals surface area contributed by atoms with Gasteiger partial charge in [-0.25, -0.2) is 14.6 Å². The number of aromatic nitrogens is 1. The highest BCUT2D eigenvalue weighted by atomic mass is 32.1. The molecule has 0 aliphatic carbocycles. The summed E-state index contributed by atoms with van der Waals surface area (Å²) in [4.78, 5) is 39.1. The zero-order chi connectivity index (χ0) is 19.6. The van der Waals surface area contributed by atoms with Gasteiger partial charge < -0.3 is 14.8 Å². The van der Waals surface area contributed by atoms with Gasteiger partial charge in [-0.1, -0.05) is 6.92 Å². The first-order valence-electron chi connectivity index (χ1n) is 8.36. The number of hydrogen-bond donors (Lipinski definition) is 2. The molecule has 1 aromatic carbocycles. The predicted molar refractivity (Wildman–Crippen MR) is 99.7 cm³/mol. The van der Waals surface area contributed by atoms with E-state index in [1.54, 1.807) is 23.5 Å². The van der Waals surface area contributed by atoms with Gasteiger partial charge in [0, 0.05) is 11.9 Å². The number of rotatable bonds is 8. The van der Waals surface area contributed by atoms with E-state index in [1.807, 2.05) is 19.2 Å². The number of imide groups is 1. The fraction of sp³-hybridized carbons (Fsp3) is 0.333. The van der Waals surface area contributed by atoms with Crippen LogP contribution in [0.25, 0.3) is 0 Å². The van der Waals surface area contributed by atoms with Crippen LogP contribution in [-0.4, -0.2) is 36.0 Å². The number of urea groups is 1. The Bertz CT molecular complexity index is 789. The van der Waals surface area contributed by atoms with Gasteiger partial charge in [-0.05, 0) is 37.6 Å². The molecule has 27 heavy (non-hydrogen) atoms. The zero-order valence-electron chi connectivity index (χ0n) is 15.1. The van der Waals surface area contributed by atoms with Crippen molar-refractivity contribution in [2.45, 2.75) is 26.9 Å². The van der Waals surface area contributed by atoms with Crippen LogP contribution in [0.1, 0.15) is 34.4 Å². The van der Waals surface area contributed by atoms with Crippen LogP contribution in [0.3, 0.4) is 0 Å². The van der Waals surface area contributed by atoms with Gasteiger partial charge in [-0.3, -0.25) is 10.1 Å². The number of nitrogens with zero attached hydrogens (tertiary/aromatic N) is 1. The highest BCUT2D eigenvalue weighted by Crippen LogP contribution is 2.16. The van der Waals surface area contributed by atoms with Gasteiger partial charge in [-0.15, -0.1) is 11.3 Å². The van der Waals surface area contributed by atoms with E-state index in [2.05, 4.69) is 15.6 Å². The minimum Gasteiger partial charge on any atom is -0.487 e. The summed E-state index contributed by atoms with van der Waals surface area (Å²) in [5.41, 5.74) is 1.12. The first-order valence-corrected chi connectivity index (χ1v) is 9.24. The summed E-state index contributed by atoms with van der Waals surface area (Å²) in [6.07, 6.45) is 0.750. The SMILES string of the molecule is CCCNC(=O)NC(=O)COC(=O)c1ccc(OCc2csc(C)n2)cc1. The number of carbonyl (C=O) groups is 3. The predicted octanol–water partition coefficient (Wildman–Crippen LogP) is 2.42. The number of carbonyl (C=O) groups excluding carboxylic acids is 3. The van der Waals surface area contributed by atoms with Gasteiger partial charge in [0.15, 0.2) is 6.61 Å². The average Bonchev–Trinajstić information content (AvgIpc) is 3.08. The van der Waals surface area contributed by atoms with Crippen molar-refractivity contribution in [1.29, 1.82) is 0 Å². The zero-order valence-corrected chi connectivity index (χ0v) is 15.9. The molecule has 0 spiro atoms. The molecule has 0 aliphatic rings. The Kier molecular flexibility index (Phi) is 7.75. The molecule has 0 saturated heterocycles. The molecule has 3 amide bonds. The van der Waals surface area contributed by atoms with Gasteiger partial charge in [0.05, 0.1) is 16.3 Å². The van der Waals surface area contributed by atoms with Crippen molar-refractivity contribution in [1.82, 2.24) is 15.6 Å². The highest BCUT2D eigenvalue weighted by molar-refractivity contribution is 7.09. The summed E-state index contributed by atoms with van der Waals surface area (Å²) in [5, 5.41) is 7.45. The van der Waals surface area contributed by atoms with Crippen molar-refractivity contribution in [2.24, 2.45) is 0 Å². The molecule has 0 fully saturated rings. The van der Waals surface area contributed by atoms with Crippen LogP contribution in [-0.2, 0) is 16.1 Å². The molecule has 1 aromatic heterocycles. The monoisotopic (exact) mass is 391 g/mol. The number of aryl methyl sites for hydroxylation is 1. The Morgan fingerprint density at radius 3 is 2.56 bits per heavy atom. The Balaban J connectivity index is 1.76. The van der Waals surface area contributed by atoms with Crippen molar-refractivity contribution in [2.75, 3.05) is 13.2 Å². The number of benzene rings is 1. The summed E-state index contributed by atoms with van der Waals surface area (Å²) in [7, 11) is 0. The lowest BCUT2D eigenvalue weighted by Gasteiger charge is -2.08. The molecule has 8 nitrogen and oxygen atoms in total. The Labute approximate surface area is 160 Å². The number of amides is 3. The van der Waals surface area contributed by atoms with Crippen LogP contribution in [0.15, 0.2) is 29.6 Å². The minimum absolute atomic E-state index is 0.273. The van der Waals surface area contributed by atoms with Gasteiger partial charge in [-0.2, -0.15) is 0 Å². The normalized spacial score (nSPS) is 10.1. The van der Waals surface area contributed by atoms with E-state index in [0.29, 0.717) is 18.9 Å². The number of nitrogens with one attached hydrogen (secondary N) is 2. The van der Waals surface area contributed by atoms with Crippen molar-refractivity contribution in [3.8, 4) is 5.75 Å². The molecular formula is C18H21N3O5S. The average molecular weight is 391 g/mol. The van der Waals surface area contributed by atoms with Crippen LogP contribution >= 0.6 is 11.3 Å². The molecule has 2 aromatic rings. The molecule has 0 radical (unpaired) electrons. The third kappa shape index (κ3) is 7.06. The fourth-order valence-corrected chi connectivity index (χ4v) is 2.58. The van der Waals surface area contributed by atoms with Crippen molar-refractivity contribution in [3.63, 3.8) is 0 Å². The van der Waals surface area contributed by atoms with Crippen molar-refractivity contribution in [3.05, 3.63) is 45.9 Å². The van der Waals surface area contributed by atoms with Gasteiger partial charge in [0.25, 0.3) is 5.91 Å². The van der Waals surface area contributed by atoms with Crippen molar-refractivity contribution >= 4 is 29.2 Å². The molecule has 1 heterocycles. The van der Waals surface area contributed by atoms with E-state index in [-0.39, 0.29) is 5.56 Å². The number of ether oxygens (including phenoxy) is 2. The molecule has 0 aliphatic heterocycles. The van der Waals surface area contributed by atoms with E-state index < -0.39 is 24.5 Å². The lowest BCUT2D eigenvalue weighted by atomic mass is 10.2. The Morgan fingerprint density at radius 1 is 1.19 bits per heavy atom. The third-order valence-corrected chi connectivity index (χ3v) is 4.09. The van der Waals surface area contributed by atoms with Gasteiger partial charge in [0.2, 0.25) is 0 Å². The second-order valence-corrected chi connectivity index (χ2v) is 6.61. The Morgan fingerprint density at radius 2 is 1.93 bits per heavy atom. The van der Waals surface area contributed by atoms with E-state index >= 15 is 0 Å². The molecule has 0 atom stereocenters. The molecule has 0 bridgehead atoms.